The van der Waals surface area contributed by atoms with E-state index in [-0.39, 0.29) is 6.03 Å². The number of nitrogens with one attached hydrogen (secondary N) is 3. The van der Waals surface area contributed by atoms with Gasteiger partial charge in [0.2, 0.25) is 0 Å². The molecule has 1 aromatic heterocycles. The molecule has 2 amide bonds. The first-order chi connectivity index (χ1) is 7.84. The molecule has 0 saturated heterocycles. The fourth-order valence-electron chi connectivity index (χ4n) is 2.04. The van der Waals surface area contributed by atoms with Crippen molar-refractivity contribution in [2.75, 3.05) is 0 Å². The van der Waals surface area contributed by atoms with E-state index in [4.69, 9.17) is 0 Å². The monoisotopic (exact) mass is 222 g/mol. The molecule has 1 aliphatic rings. The molecule has 0 aliphatic heterocycles. The highest BCUT2D eigenvalue weighted by molar-refractivity contribution is 5.74. The number of urea groups is 1. The van der Waals surface area contributed by atoms with Crippen LogP contribution in [0.15, 0.2) is 12.4 Å². The summed E-state index contributed by atoms with van der Waals surface area (Å²) in [6.45, 7) is 0.450. The van der Waals surface area contributed by atoms with Gasteiger partial charge in [0.1, 0.15) is 5.82 Å². The molecule has 0 bridgehead atoms. The van der Waals surface area contributed by atoms with Crippen molar-refractivity contribution in [1.29, 1.82) is 0 Å². The Bertz CT molecular complexity index is 317. The van der Waals surface area contributed by atoms with Gasteiger partial charge in [-0.05, 0) is 12.8 Å². The lowest BCUT2D eigenvalue weighted by Gasteiger charge is -2.22. The summed E-state index contributed by atoms with van der Waals surface area (Å²) in [6, 6.07) is 0.258. The zero-order valence-electron chi connectivity index (χ0n) is 9.33. The van der Waals surface area contributed by atoms with Gasteiger partial charge in [-0.3, -0.25) is 0 Å². The SMILES string of the molecule is O=C(NCc1ncc[nH]1)NC1CCCCC1. The third-order valence-electron chi connectivity index (χ3n) is 2.91. The van der Waals surface area contributed by atoms with Gasteiger partial charge < -0.3 is 15.6 Å². The molecule has 1 aromatic rings. The molecule has 0 aromatic carbocycles. The van der Waals surface area contributed by atoms with Gasteiger partial charge >= 0.3 is 6.03 Å². The van der Waals surface area contributed by atoms with E-state index in [1.165, 1.54) is 19.3 Å². The fourth-order valence-corrected chi connectivity index (χ4v) is 2.04. The number of amides is 2. The van der Waals surface area contributed by atoms with Crippen molar-refractivity contribution in [3.8, 4) is 0 Å². The zero-order chi connectivity index (χ0) is 11.2. The molecular formula is C11H18N4O. The minimum atomic E-state index is -0.0942. The van der Waals surface area contributed by atoms with E-state index in [2.05, 4.69) is 20.6 Å². The molecule has 1 heterocycles. The molecule has 1 saturated carbocycles. The van der Waals surface area contributed by atoms with E-state index >= 15 is 0 Å². The van der Waals surface area contributed by atoms with Crippen molar-refractivity contribution in [2.24, 2.45) is 0 Å². The fraction of sp³-hybridized carbons (Fsp3) is 0.636. The van der Waals surface area contributed by atoms with Crippen molar-refractivity contribution in [3.63, 3.8) is 0 Å². The molecule has 88 valence electrons. The number of aromatic nitrogens is 2. The minimum Gasteiger partial charge on any atom is -0.347 e. The summed E-state index contributed by atoms with van der Waals surface area (Å²) in [6.07, 6.45) is 9.38. The number of carbonyl (C=O) groups is 1. The number of imidazole rings is 1. The number of carbonyl (C=O) groups excluding carboxylic acids is 1. The van der Waals surface area contributed by atoms with E-state index in [1.807, 2.05) is 0 Å². The molecular weight excluding hydrogens is 204 g/mol. The van der Waals surface area contributed by atoms with E-state index in [9.17, 15) is 4.79 Å². The van der Waals surface area contributed by atoms with Crippen LogP contribution >= 0.6 is 0 Å². The number of hydrogen-bond acceptors (Lipinski definition) is 2. The van der Waals surface area contributed by atoms with Crippen molar-refractivity contribution in [3.05, 3.63) is 18.2 Å². The first-order valence-corrected chi connectivity index (χ1v) is 5.87. The quantitative estimate of drug-likeness (QED) is 0.726. The van der Waals surface area contributed by atoms with Gasteiger partial charge in [0.15, 0.2) is 0 Å². The number of aromatic amines is 1. The van der Waals surface area contributed by atoms with Crippen molar-refractivity contribution < 1.29 is 4.79 Å². The maximum atomic E-state index is 11.5. The maximum absolute atomic E-state index is 11.5. The molecule has 0 unspecified atom stereocenters. The second kappa shape index (κ2) is 5.53. The lowest BCUT2D eigenvalue weighted by Crippen LogP contribution is -2.42. The van der Waals surface area contributed by atoms with Crippen LogP contribution in [0.3, 0.4) is 0 Å². The second-order valence-corrected chi connectivity index (χ2v) is 4.20. The average molecular weight is 222 g/mol. The summed E-state index contributed by atoms with van der Waals surface area (Å²) >= 11 is 0. The molecule has 0 radical (unpaired) electrons. The van der Waals surface area contributed by atoms with Gasteiger partial charge in [0.05, 0.1) is 6.54 Å². The summed E-state index contributed by atoms with van der Waals surface area (Å²) in [5, 5.41) is 5.78. The first-order valence-electron chi connectivity index (χ1n) is 5.87. The smallest absolute Gasteiger partial charge is 0.315 e. The molecule has 16 heavy (non-hydrogen) atoms. The normalized spacial score (nSPS) is 17.0. The molecule has 1 fully saturated rings. The Kier molecular flexibility index (Phi) is 3.80. The predicted molar refractivity (Wildman–Crippen MR) is 60.8 cm³/mol. The van der Waals surface area contributed by atoms with E-state index in [0.29, 0.717) is 12.6 Å². The molecule has 2 rings (SSSR count). The van der Waals surface area contributed by atoms with Crippen LogP contribution in [0.4, 0.5) is 4.79 Å². The Morgan fingerprint density at radius 2 is 2.25 bits per heavy atom. The molecule has 3 N–H and O–H groups in total. The molecule has 0 spiro atoms. The highest BCUT2D eigenvalue weighted by atomic mass is 16.2. The van der Waals surface area contributed by atoms with Crippen LogP contribution in [0, 0.1) is 0 Å². The summed E-state index contributed by atoms with van der Waals surface area (Å²) in [5.41, 5.74) is 0. The Balaban J connectivity index is 1.67. The van der Waals surface area contributed by atoms with Gasteiger partial charge in [0, 0.05) is 18.4 Å². The van der Waals surface area contributed by atoms with Gasteiger partial charge in [0.25, 0.3) is 0 Å². The van der Waals surface area contributed by atoms with Crippen LogP contribution in [0.25, 0.3) is 0 Å². The topological polar surface area (TPSA) is 69.8 Å². The van der Waals surface area contributed by atoms with Crippen LogP contribution in [0.5, 0.6) is 0 Å². The average Bonchev–Trinajstić information content (AvgIpc) is 2.81. The zero-order valence-corrected chi connectivity index (χ0v) is 9.33. The number of H-pyrrole nitrogens is 1. The Morgan fingerprint density at radius 1 is 1.44 bits per heavy atom. The van der Waals surface area contributed by atoms with E-state index < -0.39 is 0 Å². The van der Waals surface area contributed by atoms with Crippen LogP contribution < -0.4 is 10.6 Å². The summed E-state index contributed by atoms with van der Waals surface area (Å²) < 4.78 is 0. The third-order valence-corrected chi connectivity index (χ3v) is 2.91. The third kappa shape index (κ3) is 3.25. The van der Waals surface area contributed by atoms with E-state index in [0.717, 1.165) is 18.7 Å². The Morgan fingerprint density at radius 3 is 2.94 bits per heavy atom. The number of hydrogen-bond donors (Lipinski definition) is 3. The van der Waals surface area contributed by atoms with Gasteiger partial charge in [-0.1, -0.05) is 19.3 Å². The van der Waals surface area contributed by atoms with Gasteiger partial charge in [-0.15, -0.1) is 0 Å². The predicted octanol–water partition coefficient (Wildman–Crippen LogP) is 1.54. The van der Waals surface area contributed by atoms with E-state index in [1.54, 1.807) is 12.4 Å². The molecule has 1 aliphatic carbocycles. The lowest BCUT2D eigenvalue weighted by molar-refractivity contribution is 0.232. The number of nitrogens with zero attached hydrogens (tertiary/aromatic N) is 1. The van der Waals surface area contributed by atoms with Crippen LogP contribution in [0.1, 0.15) is 37.9 Å². The molecule has 5 nitrogen and oxygen atoms in total. The van der Waals surface area contributed by atoms with Gasteiger partial charge in [-0.2, -0.15) is 0 Å². The highest BCUT2D eigenvalue weighted by Crippen LogP contribution is 2.17. The van der Waals surface area contributed by atoms with Crippen LogP contribution in [0.2, 0.25) is 0 Å². The van der Waals surface area contributed by atoms with Crippen molar-refractivity contribution in [1.82, 2.24) is 20.6 Å². The molecule has 0 atom stereocenters. The second-order valence-electron chi connectivity index (χ2n) is 4.20. The van der Waals surface area contributed by atoms with Crippen molar-refractivity contribution >= 4 is 6.03 Å². The first kappa shape index (κ1) is 11.0. The standard InChI is InChI=1S/C11H18N4O/c16-11(14-8-10-12-6-7-13-10)15-9-4-2-1-3-5-9/h6-7,9H,1-5,8H2,(H,12,13)(H2,14,15,16). The number of rotatable bonds is 3. The lowest BCUT2D eigenvalue weighted by atomic mass is 9.96. The van der Waals surface area contributed by atoms with Crippen LogP contribution in [-0.2, 0) is 6.54 Å². The van der Waals surface area contributed by atoms with Crippen molar-refractivity contribution in [2.45, 2.75) is 44.7 Å². The Hall–Kier alpha value is -1.52. The van der Waals surface area contributed by atoms with Gasteiger partial charge in [-0.25, -0.2) is 9.78 Å². The maximum Gasteiger partial charge on any atom is 0.315 e. The minimum absolute atomic E-state index is 0.0942. The largest absolute Gasteiger partial charge is 0.347 e. The summed E-state index contributed by atoms with van der Waals surface area (Å²) in [7, 11) is 0. The Labute approximate surface area is 95.0 Å². The summed E-state index contributed by atoms with van der Waals surface area (Å²) in [4.78, 5) is 18.5. The van der Waals surface area contributed by atoms with Crippen LogP contribution in [-0.4, -0.2) is 22.0 Å². The molecule has 5 heteroatoms. The highest BCUT2D eigenvalue weighted by Gasteiger charge is 2.15. The summed E-state index contributed by atoms with van der Waals surface area (Å²) in [5.74, 6) is 0.777.